The van der Waals surface area contributed by atoms with E-state index in [-0.39, 0.29) is 17.8 Å². The molecule has 1 atom stereocenters. The number of hydrogen-bond donors (Lipinski definition) is 1. The van der Waals surface area contributed by atoms with Gasteiger partial charge in [0, 0.05) is 29.6 Å². The highest BCUT2D eigenvalue weighted by atomic mass is 16.5. The molecule has 1 aliphatic heterocycles. The summed E-state index contributed by atoms with van der Waals surface area (Å²) >= 11 is 0. The zero-order valence-corrected chi connectivity index (χ0v) is 16.1. The lowest BCUT2D eigenvalue weighted by atomic mass is 9.69. The number of ether oxygens (including phenoxy) is 1. The highest BCUT2D eigenvalue weighted by molar-refractivity contribution is 6.04. The Kier molecular flexibility index (Phi) is 4.74. The van der Waals surface area contributed by atoms with Gasteiger partial charge in [-0.2, -0.15) is 0 Å². The monoisotopic (exact) mass is 354 g/mol. The number of esters is 1. The van der Waals surface area contributed by atoms with Crippen molar-refractivity contribution in [3.05, 3.63) is 52.1 Å². The van der Waals surface area contributed by atoms with Gasteiger partial charge in [0.15, 0.2) is 5.78 Å². The van der Waals surface area contributed by atoms with Crippen LogP contribution in [-0.4, -0.2) is 23.3 Å². The van der Waals surface area contributed by atoms with Crippen LogP contribution in [0.5, 0.6) is 0 Å². The van der Waals surface area contributed by atoms with Crippen LogP contribution in [0, 0.1) is 12.3 Å². The first-order valence-electron chi connectivity index (χ1n) is 9.08. The van der Waals surface area contributed by atoms with E-state index in [9.17, 15) is 9.59 Å². The van der Waals surface area contributed by atoms with Gasteiger partial charge in [-0.25, -0.2) is 4.79 Å². The Labute approximate surface area is 154 Å². The van der Waals surface area contributed by atoms with Gasteiger partial charge in [-0.15, -0.1) is 0 Å². The SMILES string of the molecule is CCOC(=O)C1=C(C)NC2=C(C(=O)CC(C)(C)C2)[C@@H]1c1ncccc1C. The van der Waals surface area contributed by atoms with Gasteiger partial charge in [0.25, 0.3) is 0 Å². The minimum absolute atomic E-state index is 0.0769. The first kappa shape index (κ1) is 18.4. The fraction of sp³-hybridized carbons (Fsp3) is 0.476. The van der Waals surface area contributed by atoms with Gasteiger partial charge in [-0.1, -0.05) is 19.9 Å². The number of pyridine rings is 1. The van der Waals surface area contributed by atoms with Crippen LogP contribution in [0.4, 0.5) is 0 Å². The van der Waals surface area contributed by atoms with Crippen molar-refractivity contribution >= 4 is 11.8 Å². The molecular weight excluding hydrogens is 328 g/mol. The topological polar surface area (TPSA) is 68.3 Å². The van der Waals surface area contributed by atoms with Crippen LogP contribution in [0.1, 0.15) is 57.7 Å². The lowest BCUT2D eigenvalue weighted by Crippen LogP contribution is -2.39. The van der Waals surface area contributed by atoms with Gasteiger partial charge in [-0.3, -0.25) is 9.78 Å². The highest BCUT2D eigenvalue weighted by Gasteiger charge is 2.43. The number of carbonyl (C=O) groups excluding carboxylic acids is 2. The zero-order chi connectivity index (χ0) is 19.1. The molecule has 2 heterocycles. The molecule has 0 amide bonds. The fourth-order valence-electron chi connectivity index (χ4n) is 3.99. The molecule has 0 saturated carbocycles. The van der Waals surface area contributed by atoms with Crippen molar-refractivity contribution in [3.63, 3.8) is 0 Å². The smallest absolute Gasteiger partial charge is 0.336 e. The minimum atomic E-state index is -0.477. The van der Waals surface area contributed by atoms with Crippen molar-refractivity contribution in [2.45, 2.75) is 53.4 Å². The van der Waals surface area contributed by atoms with E-state index in [1.54, 1.807) is 13.1 Å². The van der Waals surface area contributed by atoms with Crippen molar-refractivity contribution in [3.8, 4) is 0 Å². The van der Waals surface area contributed by atoms with Crippen LogP contribution in [0.15, 0.2) is 40.9 Å². The predicted octanol–water partition coefficient (Wildman–Crippen LogP) is 3.56. The number of nitrogens with one attached hydrogen (secondary N) is 1. The summed E-state index contributed by atoms with van der Waals surface area (Å²) in [5, 5.41) is 3.32. The van der Waals surface area contributed by atoms with Gasteiger partial charge in [0.2, 0.25) is 0 Å². The molecule has 0 bridgehead atoms. The molecule has 0 saturated heterocycles. The van der Waals surface area contributed by atoms with Crippen LogP contribution in [0.25, 0.3) is 0 Å². The third kappa shape index (κ3) is 3.18. The minimum Gasteiger partial charge on any atom is -0.463 e. The Balaban J connectivity index is 2.21. The van der Waals surface area contributed by atoms with Crippen LogP contribution in [-0.2, 0) is 14.3 Å². The normalized spacial score (nSPS) is 22.0. The van der Waals surface area contributed by atoms with E-state index in [0.29, 0.717) is 17.6 Å². The Morgan fingerprint density at radius 3 is 2.73 bits per heavy atom. The van der Waals surface area contributed by atoms with Crippen molar-refractivity contribution < 1.29 is 14.3 Å². The standard InChI is InChI=1S/C21H26N2O3/c1-6-26-20(25)16-13(3)23-14-10-21(4,5)11-15(24)17(14)18(16)19-12(2)8-7-9-22-19/h7-9,18,23H,6,10-11H2,1-5H3/t18-/m1/s1. The number of Topliss-reactive ketones (excluding diaryl/α,β-unsaturated/α-hetero) is 1. The Morgan fingerprint density at radius 1 is 1.35 bits per heavy atom. The predicted molar refractivity (Wildman–Crippen MR) is 99.2 cm³/mol. The van der Waals surface area contributed by atoms with Crippen molar-refractivity contribution in [2.24, 2.45) is 5.41 Å². The number of dihydropyridines is 1. The lowest BCUT2D eigenvalue weighted by molar-refractivity contribution is -0.138. The summed E-state index contributed by atoms with van der Waals surface area (Å²) in [6, 6.07) is 3.82. The zero-order valence-electron chi connectivity index (χ0n) is 16.1. The van der Waals surface area contributed by atoms with Crippen LogP contribution < -0.4 is 5.32 Å². The first-order valence-corrected chi connectivity index (χ1v) is 9.08. The fourth-order valence-corrected chi connectivity index (χ4v) is 3.99. The highest BCUT2D eigenvalue weighted by Crippen LogP contribution is 2.46. The molecule has 1 aliphatic carbocycles. The summed E-state index contributed by atoms with van der Waals surface area (Å²) < 4.78 is 5.30. The molecule has 0 unspecified atom stereocenters. The first-order chi connectivity index (χ1) is 12.2. The van der Waals surface area contributed by atoms with E-state index in [0.717, 1.165) is 29.1 Å². The molecule has 5 nitrogen and oxygen atoms in total. The number of carbonyl (C=O) groups is 2. The molecule has 5 heteroatoms. The third-order valence-corrected chi connectivity index (χ3v) is 5.06. The summed E-state index contributed by atoms with van der Waals surface area (Å²) in [7, 11) is 0. The summed E-state index contributed by atoms with van der Waals surface area (Å²) in [5.41, 5.74) is 4.40. The second-order valence-electron chi connectivity index (χ2n) is 7.86. The molecule has 1 aromatic heterocycles. The Morgan fingerprint density at radius 2 is 2.08 bits per heavy atom. The van der Waals surface area contributed by atoms with Gasteiger partial charge < -0.3 is 10.1 Å². The van der Waals surface area contributed by atoms with Crippen LogP contribution in [0.3, 0.4) is 0 Å². The van der Waals surface area contributed by atoms with E-state index in [1.165, 1.54) is 0 Å². The maximum Gasteiger partial charge on any atom is 0.336 e. The summed E-state index contributed by atoms with van der Waals surface area (Å²) in [4.78, 5) is 30.3. The second-order valence-corrected chi connectivity index (χ2v) is 7.86. The number of nitrogens with zero attached hydrogens (tertiary/aromatic N) is 1. The largest absolute Gasteiger partial charge is 0.463 e. The Hall–Kier alpha value is -2.43. The summed E-state index contributed by atoms with van der Waals surface area (Å²) in [5.74, 6) is -0.792. The molecule has 138 valence electrons. The van der Waals surface area contributed by atoms with E-state index < -0.39 is 11.9 Å². The number of hydrogen-bond acceptors (Lipinski definition) is 5. The second kappa shape index (κ2) is 6.71. The molecule has 0 spiro atoms. The molecule has 1 N–H and O–H groups in total. The van der Waals surface area contributed by atoms with Gasteiger partial charge in [-0.05, 0) is 44.2 Å². The molecule has 3 rings (SSSR count). The van der Waals surface area contributed by atoms with E-state index in [1.807, 2.05) is 26.0 Å². The average molecular weight is 354 g/mol. The van der Waals surface area contributed by atoms with Crippen LogP contribution in [0.2, 0.25) is 0 Å². The number of aromatic nitrogens is 1. The molecule has 0 fully saturated rings. The molecule has 1 aromatic rings. The number of allylic oxidation sites excluding steroid dienone is 3. The lowest BCUT2D eigenvalue weighted by Gasteiger charge is -2.39. The van der Waals surface area contributed by atoms with Gasteiger partial charge in [0.05, 0.1) is 23.8 Å². The number of rotatable bonds is 3. The molecule has 26 heavy (non-hydrogen) atoms. The van der Waals surface area contributed by atoms with Crippen LogP contribution >= 0.6 is 0 Å². The van der Waals surface area contributed by atoms with Crippen molar-refractivity contribution in [1.82, 2.24) is 10.3 Å². The molecule has 0 aromatic carbocycles. The number of ketones is 1. The molecule has 0 radical (unpaired) electrons. The quantitative estimate of drug-likeness (QED) is 0.841. The number of aryl methyl sites for hydroxylation is 1. The maximum absolute atomic E-state index is 13.1. The van der Waals surface area contributed by atoms with E-state index in [4.69, 9.17) is 4.74 Å². The summed E-state index contributed by atoms with van der Waals surface area (Å²) in [6.45, 7) is 10.1. The average Bonchev–Trinajstić information content (AvgIpc) is 2.53. The molecular formula is C21H26N2O3. The summed E-state index contributed by atoms with van der Waals surface area (Å²) in [6.07, 6.45) is 2.94. The van der Waals surface area contributed by atoms with E-state index in [2.05, 4.69) is 24.1 Å². The maximum atomic E-state index is 13.1. The van der Waals surface area contributed by atoms with Gasteiger partial charge >= 0.3 is 5.97 Å². The van der Waals surface area contributed by atoms with Gasteiger partial charge in [0.1, 0.15) is 0 Å². The third-order valence-electron chi connectivity index (χ3n) is 5.06. The van der Waals surface area contributed by atoms with E-state index >= 15 is 0 Å². The molecule has 2 aliphatic rings. The van der Waals surface area contributed by atoms with Crippen molar-refractivity contribution in [2.75, 3.05) is 6.61 Å². The van der Waals surface area contributed by atoms with Crippen molar-refractivity contribution in [1.29, 1.82) is 0 Å². The Bertz CT molecular complexity index is 833.